The fourth-order valence-corrected chi connectivity index (χ4v) is 1.88. The highest BCUT2D eigenvalue weighted by Crippen LogP contribution is 2.25. The molecule has 1 amide bonds. The van der Waals surface area contributed by atoms with Gasteiger partial charge < -0.3 is 14.8 Å². The first-order chi connectivity index (χ1) is 11.0. The van der Waals surface area contributed by atoms with Crippen LogP contribution in [-0.2, 0) is 4.79 Å². The molecule has 0 heterocycles. The number of halogens is 2. The minimum atomic E-state index is -2.96. The Morgan fingerprint density at radius 3 is 2.35 bits per heavy atom. The maximum atomic E-state index is 12.4. The minimum Gasteiger partial charge on any atom is -0.481 e. The number of carbonyl (C=O) groups excluding carboxylic acids is 1. The molecule has 0 aliphatic carbocycles. The van der Waals surface area contributed by atoms with Crippen molar-refractivity contribution < 1.29 is 23.0 Å². The summed E-state index contributed by atoms with van der Waals surface area (Å²) >= 11 is 0. The summed E-state index contributed by atoms with van der Waals surface area (Å²) in [6.45, 7) is 0.556. The summed E-state index contributed by atoms with van der Waals surface area (Å²) in [5.74, 6) is -0.00959. The monoisotopic (exact) mass is 321 g/mol. The van der Waals surface area contributed by atoms with E-state index >= 15 is 0 Å². The van der Waals surface area contributed by atoms with Crippen LogP contribution in [0.1, 0.15) is 12.5 Å². The molecule has 1 atom stereocenters. The maximum Gasteiger partial charge on any atom is 0.387 e. The number of rotatable bonds is 6. The molecule has 23 heavy (non-hydrogen) atoms. The smallest absolute Gasteiger partial charge is 0.387 e. The van der Waals surface area contributed by atoms with Crippen LogP contribution in [-0.4, -0.2) is 18.6 Å². The molecular formula is C17H17F2NO3. The molecule has 0 unspecified atom stereocenters. The lowest BCUT2D eigenvalue weighted by Crippen LogP contribution is -2.30. The molecule has 6 heteroatoms. The summed E-state index contributed by atoms with van der Waals surface area (Å²) in [6.07, 6.45) is -0.794. The third-order valence-electron chi connectivity index (χ3n) is 3.06. The van der Waals surface area contributed by atoms with Gasteiger partial charge >= 0.3 is 6.61 Å². The fraction of sp³-hybridized carbons (Fsp3) is 0.235. The van der Waals surface area contributed by atoms with Crippen molar-refractivity contribution >= 4 is 11.6 Å². The SMILES string of the molecule is Cc1ccc(O[C@H](C)C(=O)Nc2ccccc2OC(F)F)cc1. The highest BCUT2D eigenvalue weighted by molar-refractivity contribution is 5.95. The Morgan fingerprint density at radius 1 is 1.04 bits per heavy atom. The number of carbonyl (C=O) groups is 1. The molecule has 2 aromatic carbocycles. The maximum absolute atomic E-state index is 12.4. The zero-order valence-corrected chi connectivity index (χ0v) is 12.8. The number of ether oxygens (including phenoxy) is 2. The van der Waals surface area contributed by atoms with Crippen LogP contribution in [0, 0.1) is 6.92 Å². The quantitative estimate of drug-likeness (QED) is 0.875. The van der Waals surface area contributed by atoms with E-state index in [4.69, 9.17) is 4.74 Å². The number of hydrogen-bond donors (Lipinski definition) is 1. The van der Waals surface area contributed by atoms with E-state index in [-0.39, 0.29) is 11.4 Å². The van der Waals surface area contributed by atoms with E-state index in [1.807, 2.05) is 19.1 Å². The predicted octanol–water partition coefficient (Wildman–Crippen LogP) is 4.00. The summed E-state index contributed by atoms with van der Waals surface area (Å²) < 4.78 is 34.6. The van der Waals surface area contributed by atoms with E-state index in [2.05, 4.69) is 10.1 Å². The molecule has 122 valence electrons. The molecule has 0 bridgehead atoms. The molecule has 0 saturated heterocycles. The number of para-hydroxylation sites is 2. The number of anilines is 1. The van der Waals surface area contributed by atoms with Gasteiger partial charge in [0.15, 0.2) is 6.10 Å². The summed E-state index contributed by atoms with van der Waals surface area (Å²) in [6, 6.07) is 13.2. The molecule has 0 saturated carbocycles. The van der Waals surface area contributed by atoms with Crippen LogP contribution in [0.15, 0.2) is 48.5 Å². The highest BCUT2D eigenvalue weighted by Gasteiger charge is 2.17. The molecule has 0 radical (unpaired) electrons. The molecule has 2 rings (SSSR count). The van der Waals surface area contributed by atoms with Crippen LogP contribution in [0.25, 0.3) is 0 Å². The Bertz CT molecular complexity index is 659. The Morgan fingerprint density at radius 2 is 1.70 bits per heavy atom. The standard InChI is InChI=1S/C17H17F2NO3/c1-11-7-9-13(10-8-11)22-12(2)16(21)20-14-5-3-4-6-15(14)23-17(18)19/h3-10,12,17H,1-2H3,(H,20,21)/t12-/m1/s1. The van der Waals surface area contributed by atoms with Gasteiger partial charge in [-0.3, -0.25) is 4.79 Å². The normalized spacial score (nSPS) is 11.9. The largest absolute Gasteiger partial charge is 0.481 e. The zero-order valence-electron chi connectivity index (χ0n) is 12.8. The van der Waals surface area contributed by atoms with Gasteiger partial charge in [-0.05, 0) is 38.1 Å². The molecular weight excluding hydrogens is 304 g/mol. The van der Waals surface area contributed by atoms with Crippen molar-refractivity contribution in [3.63, 3.8) is 0 Å². The molecule has 1 N–H and O–H groups in total. The van der Waals surface area contributed by atoms with Crippen LogP contribution < -0.4 is 14.8 Å². The topological polar surface area (TPSA) is 47.6 Å². The van der Waals surface area contributed by atoms with E-state index in [9.17, 15) is 13.6 Å². The van der Waals surface area contributed by atoms with E-state index < -0.39 is 18.6 Å². The average molecular weight is 321 g/mol. The number of nitrogens with one attached hydrogen (secondary N) is 1. The third kappa shape index (κ3) is 4.95. The third-order valence-corrected chi connectivity index (χ3v) is 3.06. The molecule has 0 spiro atoms. The van der Waals surface area contributed by atoms with E-state index in [1.54, 1.807) is 31.2 Å². The van der Waals surface area contributed by atoms with Crippen molar-refractivity contribution in [2.75, 3.05) is 5.32 Å². The van der Waals surface area contributed by atoms with Crippen LogP contribution in [0.2, 0.25) is 0 Å². The van der Waals surface area contributed by atoms with Gasteiger partial charge in [0.2, 0.25) is 0 Å². The molecule has 0 fully saturated rings. The average Bonchev–Trinajstić information content (AvgIpc) is 2.51. The lowest BCUT2D eigenvalue weighted by molar-refractivity contribution is -0.122. The second kappa shape index (κ2) is 7.58. The van der Waals surface area contributed by atoms with Gasteiger partial charge in [-0.25, -0.2) is 0 Å². The van der Waals surface area contributed by atoms with Crippen LogP contribution in [0.3, 0.4) is 0 Å². The first-order valence-corrected chi connectivity index (χ1v) is 7.03. The van der Waals surface area contributed by atoms with Gasteiger partial charge in [0.05, 0.1) is 5.69 Å². The summed E-state index contributed by atoms with van der Waals surface area (Å²) in [4.78, 5) is 12.1. The molecule has 2 aromatic rings. The summed E-state index contributed by atoms with van der Waals surface area (Å²) in [5, 5.41) is 2.53. The van der Waals surface area contributed by atoms with Crippen LogP contribution in [0.4, 0.5) is 14.5 Å². The van der Waals surface area contributed by atoms with Crippen LogP contribution >= 0.6 is 0 Å². The number of amides is 1. The lowest BCUT2D eigenvalue weighted by Gasteiger charge is -2.16. The Balaban J connectivity index is 2.02. The summed E-state index contributed by atoms with van der Waals surface area (Å²) in [7, 11) is 0. The fourth-order valence-electron chi connectivity index (χ4n) is 1.88. The van der Waals surface area contributed by atoms with Crippen molar-refractivity contribution in [3.05, 3.63) is 54.1 Å². The van der Waals surface area contributed by atoms with Gasteiger partial charge in [-0.15, -0.1) is 0 Å². The van der Waals surface area contributed by atoms with E-state index in [0.717, 1.165) is 5.56 Å². The molecule has 0 aliphatic heterocycles. The second-order valence-electron chi connectivity index (χ2n) is 4.94. The van der Waals surface area contributed by atoms with Crippen molar-refractivity contribution in [3.8, 4) is 11.5 Å². The minimum absolute atomic E-state index is 0.0987. The second-order valence-corrected chi connectivity index (χ2v) is 4.94. The number of benzene rings is 2. The van der Waals surface area contributed by atoms with Crippen LogP contribution in [0.5, 0.6) is 11.5 Å². The molecule has 4 nitrogen and oxygen atoms in total. The van der Waals surface area contributed by atoms with E-state index in [0.29, 0.717) is 5.75 Å². The van der Waals surface area contributed by atoms with Gasteiger partial charge in [-0.2, -0.15) is 8.78 Å². The van der Waals surface area contributed by atoms with Crippen molar-refractivity contribution in [2.24, 2.45) is 0 Å². The number of alkyl halides is 2. The molecule has 0 aliphatic rings. The van der Waals surface area contributed by atoms with E-state index in [1.165, 1.54) is 12.1 Å². The first kappa shape index (κ1) is 16.7. The predicted molar refractivity (Wildman–Crippen MR) is 83.0 cm³/mol. The van der Waals surface area contributed by atoms with Gasteiger partial charge in [0.25, 0.3) is 5.91 Å². The van der Waals surface area contributed by atoms with Gasteiger partial charge in [0, 0.05) is 0 Å². The Kier molecular flexibility index (Phi) is 5.51. The Hall–Kier alpha value is -2.63. The number of aryl methyl sites for hydroxylation is 1. The molecule has 0 aromatic heterocycles. The highest BCUT2D eigenvalue weighted by atomic mass is 19.3. The van der Waals surface area contributed by atoms with Gasteiger partial charge in [-0.1, -0.05) is 29.8 Å². The Labute approximate surface area is 133 Å². The summed E-state index contributed by atoms with van der Waals surface area (Å²) in [5.41, 5.74) is 1.24. The van der Waals surface area contributed by atoms with Crippen molar-refractivity contribution in [1.29, 1.82) is 0 Å². The zero-order chi connectivity index (χ0) is 16.8. The van der Waals surface area contributed by atoms with Gasteiger partial charge in [0.1, 0.15) is 11.5 Å². The number of hydrogen-bond acceptors (Lipinski definition) is 3. The lowest BCUT2D eigenvalue weighted by atomic mass is 10.2. The van der Waals surface area contributed by atoms with Crippen molar-refractivity contribution in [1.82, 2.24) is 0 Å². The first-order valence-electron chi connectivity index (χ1n) is 7.03. The van der Waals surface area contributed by atoms with Crippen molar-refractivity contribution in [2.45, 2.75) is 26.6 Å².